The van der Waals surface area contributed by atoms with E-state index in [0.29, 0.717) is 49.0 Å². The number of aryl methyl sites for hydroxylation is 1. The molecule has 218 valence electrons. The molecule has 10 heteroatoms. The number of hydrogen-bond acceptors (Lipinski definition) is 7. The second-order valence-corrected chi connectivity index (χ2v) is 9.80. The van der Waals surface area contributed by atoms with Crippen molar-refractivity contribution >= 4 is 40.1 Å². The number of halogens is 1. The minimum Gasteiger partial charge on any atom is -0.462 e. The predicted molar refractivity (Wildman–Crippen MR) is 163 cm³/mol. The Kier molecular flexibility index (Phi) is 12.6. The van der Waals surface area contributed by atoms with Crippen LogP contribution in [0.4, 0.5) is 5.69 Å². The van der Waals surface area contributed by atoms with Crippen LogP contribution < -0.4 is 16.6 Å². The van der Waals surface area contributed by atoms with Gasteiger partial charge in [-0.3, -0.25) is 9.59 Å². The van der Waals surface area contributed by atoms with E-state index in [2.05, 4.69) is 4.90 Å². The van der Waals surface area contributed by atoms with E-state index in [1.807, 2.05) is 57.1 Å². The van der Waals surface area contributed by atoms with Gasteiger partial charge in [-0.2, -0.15) is 0 Å². The fourth-order valence-corrected chi connectivity index (χ4v) is 4.91. The summed E-state index contributed by atoms with van der Waals surface area (Å²) in [7, 11) is 3.98. The van der Waals surface area contributed by atoms with E-state index in [9.17, 15) is 14.4 Å². The summed E-state index contributed by atoms with van der Waals surface area (Å²) >= 11 is 5.97. The Labute approximate surface area is 241 Å². The highest BCUT2D eigenvalue weighted by molar-refractivity contribution is 6.30. The lowest BCUT2D eigenvalue weighted by atomic mass is 10.1. The molecule has 1 aliphatic heterocycles. The van der Waals surface area contributed by atoms with Crippen LogP contribution in [0, 0.1) is 0 Å². The summed E-state index contributed by atoms with van der Waals surface area (Å²) in [5.41, 5.74) is 1.67. The number of esters is 1. The van der Waals surface area contributed by atoms with Crippen molar-refractivity contribution < 1.29 is 14.3 Å². The third-order valence-electron chi connectivity index (χ3n) is 6.59. The van der Waals surface area contributed by atoms with Crippen molar-refractivity contribution in [3.05, 3.63) is 75.0 Å². The van der Waals surface area contributed by atoms with E-state index in [-0.39, 0.29) is 29.8 Å². The average molecular weight is 572 g/mol. The van der Waals surface area contributed by atoms with E-state index < -0.39 is 5.97 Å². The Morgan fingerprint density at radius 1 is 0.975 bits per heavy atom. The number of hydrogen-bond donors (Lipinski definition) is 1. The SMILES string of the molecule is CC.CCOC(=O)c1c(N2CCN(C(=O)c3ccc(Cl)cc3)CC2)c2ccccc2n(CCCN(C)C)c1=O.N. The van der Waals surface area contributed by atoms with Crippen LogP contribution in [0.1, 0.15) is 47.9 Å². The fraction of sp³-hybridized carbons (Fsp3) is 0.433. The molecule has 3 aromatic rings. The molecule has 4 rings (SSSR count). The minimum absolute atomic E-state index is 0. The van der Waals surface area contributed by atoms with Crippen LogP contribution in [0.5, 0.6) is 0 Å². The van der Waals surface area contributed by atoms with Crippen molar-refractivity contribution in [1.82, 2.24) is 20.5 Å². The lowest BCUT2D eigenvalue weighted by Crippen LogP contribution is -2.49. The third-order valence-corrected chi connectivity index (χ3v) is 6.84. The van der Waals surface area contributed by atoms with E-state index in [1.165, 1.54) is 0 Å². The molecule has 0 bridgehead atoms. The van der Waals surface area contributed by atoms with Crippen molar-refractivity contribution in [2.45, 2.75) is 33.7 Å². The summed E-state index contributed by atoms with van der Waals surface area (Å²) in [6.07, 6.45) is 0.768. The Hall–Kier alpha value is -3.40. The molecular formula is C30H42ClN5O4. The van der Waals surface area contributed by atoms with Gasteiger partial charge in [-0.15, -0.1) is 0 Å². The molecule has 2 aromatic carbocycles. The monoisotopic (exact) mass is 571 g/mol. The lowest BCUT2D eigenvalue weighted by molar-refractivity contribution is 0.0523. The number of ether oxygens (including phenoxy) is 1. The smallest absolute Gasteiger partial charge is 0.345 e. The zero-order valence-electron chi connectivity index (χ0n) is 24.3. The molecule has 1 aromatic heterocycles. The van der Waals surface area contributed by atoms with Gasteiger partial charge in [0, 0.05) is 48.7 Å². The molecular weight excluding hydrogens is 530 g/mol. The molecule has 1 aliphatic rings. The number of anilines is 1. The Balaban J connectivity index is 0.00000183. The highest BCUT2D eigenvalue weighted by Gasteiger charge is 2.30. The number of carbonyl (C=O) groups excluding carboxylic acids is 2. The molecule has 3 N–H and O–H groups in total. The highest BCUT2D eigenvalue weighted by atomic mass is 35.5. The van der Waals surface area contributed by atoms with Gasteiger partial charge in [0.2, 0.25) is 0 Å². The predicted octanol–water partition coefficient (Wildman–Crippen LogP) is 4.93. The first-order valence-corrected chi connectivity index (χ1v) is 14.0. The van der Waals surface area contributed by atoms with Crippen molar-refractivity contribution in [3.8, 4) is 0 Å². The van der Waals surface area contributed by atoms with Gasteiger partial charge < -0.3 is 30.2 Å². The Bertz CT molecular complexity index is 1330. The largest absolute Gasteiger partial charge is 0.462 e. The maximum atomic E-state index is 13.8. The molecule has 1 amide bonds. The number of para-hydroxylation sites is 1. The Morgan fingerprint density at radius 3 is 2.20 bits per heavy atom. The van der Waals surface area contributed by atoms with E-state index >= 15 is 0 Å². The maximum Gasteiger partial charge on any atom is 0.345 e. The highest BCUT2D eigenvalue weighted by Crippen LogP contribution is 2.31. The topological polar surface area (TPSA) is 110 Å². The van der Waals surface area contributed by atoms with Gasteiger partial charge >= 0.3 is 5.97 Å². The summed E-state index contributed by atoms with van der Waals surface area (Å²) in [4.78, 5) is 45.8. The van der Waals surface area contributed by atoms with Gasteiger partial charge in [-0.1, -0.05) is 43.6 Å². The lowest BCUT2D eigenvalue weighted by Gasteiger charge is -2.37. The molecule has 0 unspecified atom stereocenters. The molecule has 0 saturated carbocycles. The molecule has 0 spiro atoms. The number of piperazine rings is 1. The molecule has 40 heavy (non-hydrogen) atoms. The summed E-state index contributed by atoms with van der Waals surface area (Å²) in [6.45, 7) is 9.12. The van der Waals surface area contributed by atoms with E-state index in [0.717, 1.165) is 23.9 Å². The van der Waals surface area contributed by atoms with Crippen LogP contribution in [0.2, 0.25) is 5.02 Å². The third kappa shape index (κ3) is 7.41. The van der Waals surface area contributed by atoms with Gasteiger partial charge in [-0.05, 0) is 64.3 Å². The molecule has 1 fully saturated rings. The van der Waals surface area contributed by atoms with Gasteiger partial charge in [0.15, 0.2) is 0 Å². The van der Waals surface area contributed by atoms with Crippen molar-refractivity contribution in [2.24, 2.45) is 0 Å². The molecule has 0 aliphatic carbocycles. The first-order valence-electron chi connectivity index (χ1n) is 13.6. The van der Waals surface area contributed by atoms with Crippen LogP contribution in [0.15, 0.2) is 53.3 Å². The molecule has 2 heterocycles. The number of amides is 1. The van der Waals surface area contributed by atoms with Gasteiger partial charge in [0.25, 0.3) is 11.5 Å². The van der Waals surface area contributed by atoms with E-state index in [1.54, 1.807) is 40.7 Å². The van der Waals surface area contributed by atoms with Crippen LogP contribution in [-0.4, -0.2) is 79.7 Å². The van der Waals surface area contributed by atoms with Crippen LogP contribution in [0.25, 0.3) is 10.9 Å². The number of nitrogens with zero attached hydrogens (tertiary/aromatic N) is 4. The van der Waals surface area contributed by atoms with Crippen molar-refractivity contribution in [2.75, 3.05) is 58.3 Å². The zero-order chi connectivity index (χ0) is 28.5. The van der Waals surface area contributed by atoms with Crippen LogP contribution in [-0.2, 0) is 11.3 Å². The van der Waals surface area contributed by atoms with Crippen molar-refractivity contribution in [1.29, 1.82) is 0 Å². The van der Waals surface area contributed by atoms with E-state index in [4.69, 9.17) is 16.3 Å². The fourth-order valence-electron chi connectivity index (χ4n) is 4.78. The van der Waals surface area contributed by atoms with Gasteiger partial charge in [0.05, 0.1) is 17.8 Å². The first-order chi connectivity index (χ1) is 18.8. The number of benzene rings is 2. The number of aromatic nitrogens is 1. The quantitative estimate of drug-likeness (QED) is 0.381. The van der Waals surface area contributed by atoms with Crippen molar-refractivity contribution in [3.63, 3.8) is 0 Å². The standard InChI is InChI=1S/C28H33ClN4O4.C2H6.H3N/c1-4-37-28(36)24-25(22-8-5-6-9-23(22)33(27(24)35)15-7-14-30(2)3)31-16-18-32(19-17-31)26(34)20-10-12-21(29)13-11-20;1-2;/h5-6,8-13H,4,7,14-19H2,1-3H3;1-2H3;1H3. The summed E-state index contributed by atoms with van der Waals surface area (Å²) in [5, 5.41) is 1.41. The van der Waals surface area contributed by atoms with Gasteiger partial charge in [-0.25, -0.2) is 4.79 Å². The van der Waals surface area contributed by atoms with Crippen LogP contribution in [0.3, 0.4) is 0 Å². The molecule has 1 saturated heterocycles. The maximum absolute atomic E-state index is 13.8. The number of fused-ring (bicyclic) bond motifs is 1. The summed E-state index contributed by atoms with van der Waals surface area (Å²) in [5.74, 6) is -0.683. The Morgan fingerprint density at radius 2 is 1.60 bits per heavy atom. The molecule has 0 radical (unpaired) electrons. The first kappa shape index (κ1) is 32.8. The number of pyridine rings is 1. The summed E-state index contributed by atoms with van der Waals surface area (Å²) < 4.78 is 7.04. The molecule has 0 atom stereocenters. The second kappa shape index (κ2) is 15.4. The second-order valence-electron chi connectivity index (χ2n) is 9.36. The van der Waals surface area contributed by atoms with Gasteiger partial charge in [0.1, 0.15) is 5.56 Å². The zero-order valence-corrected chi connectivity index (χ0v) is 25.0. The van der Waals surface area contributed by atoms with Crippen LogP contribution >= 0.6 is 11.6 Å². The number of rotatable bonds is 8. The normalized spacial score (nSPS) is 13.0. The molecule has 9 nitrogen and oxygen atoms in total. The minimum atomic E-state index is -0.616. The number of carbonyl (C=O) groups is 2. The summed E-state index contributed by atoms with van der Waals surface area (Å²) in [6, 6.07) is 14.5. The average Bonchev–Trinajstić information content (AvgIpc) is 2.95.